The third kappa shape index (κ3) is 2.89. The molecule has 0 aromatic rings. The number of nitrogens with zero attached hydrogens (tertiary/aromatic N) is 1. The molecule has 1 atom stereocenters. The van der Waals surface area contributed by atoms with E-state index >= 15 is 0 Å². The van der Waals surface area contributed by atoms with E-state index in [1.165, 1.54) is 45.2 Å². The Bertz CT molecular complexity index is 257. The highest BCUT2D eigenvalue weighted by atomic mass is 16.5. The molecule has 0 amide bonds. The molecule has 3 heteroatoms. The van der Waals surface area contributed by atoms with E-state index in [1.54, 1.807) is 0 Å². The second-order valence-electron chi connectivity index (χ2n) is 6.53. The zero-order valence-electron chi connectivity index (χ0n) is 12.2. The Morgan fingerprint density at radius 2 is 1.94 bits per heavy atom. The van der Waals surface area contributed by atoms with Crippen LogP contribution in [-0.2, 0) is 4.74 Å². The molecule has 18 heavy (non-hydrogen) atoms. The summed E-state index contributed by atoms with van der Waals surface area (Å²) in [7, 11) is 0. The molecular weight excluding hydrogens is 224 g/mol. The molecule has 0 bridgehead atoms. The van der Waals surface area contributed by atoms with Gasteiger partial charge in [0.05, 0.1) is 6.61 Å². The van der Waals surface area contributed by atoms with Gasteiger partial charge in [-0.3, -0.25) is 0 Å². The largest absolute Gasteiger partial charge is 0.381 e. The lowest BCUT2D eigenvalue weighted by Crippen LogP contribution is -2.47. The zero-order chi connectivity index (χ0) is 13.1. The molecule has 0 saturated carbocycles. The van der Waals surface area contributed by atoms with E-state index in [2.05, 4.69) is 18.7 Å². The van der Waals surface area contributed by atoms with E-state index in [0.29, 0.717) is 5.41 Å². The lowest BCUT2D eigenvalue weighted by molar-refractivity contribution is -0.0201. The molecular formula is C15H30N2O. The van der Waals surface area contributed by atoms with Crippen molar-refractivity contribution in [2.45, 2.75) is 46.0 Å². The Hall–Kier alpha value is -0.120. The topological polar surface area (TPSA) is 38.5 Å². The van der Waals surface area contributed by atoms with Crippen LogP contribution in [0.5, 0.6) is 0 Å². The Kier molecular flexibility index (Phi) is 4.68. The first kappa shape index (κ1) is 14.3. The van der Waals surface area contributed by atoms with Crippen molar-refractivity contribution in [2.75, 3.05) is 39.4 Å². The van der Waals surface area contributed by atoms with Crippen molar-refractivity contribution >= 4 is 0 Å². The van der Waals surface area contributed by atoms with E-state index < -0.39 is 0 Å². The van der Waals surface area contributed by atoms with Crippen molar-refractivity contribution in [3.8, 4) is 0 Å². The molecule has 3 nitrogen and oxygen atoms in total. The number of hydrogen-bond donors (Lipinski definition) is 1. The smallest absolute Gasteiger partial charge is 0.0546 e. The maximum Gasteiger partial charge on any atom is 0.0546 e. The second kappa shape index (κ2) is 5.89. The highest BCUT2D eigenvalue weighted by Crippen LogP contribution is 2.39. The predicted molar refractivity (Wildman–Crippen MR) is 75.6 cm³/mol. The molecule has 0 spiro atoms. The quantitative estimate of drug-likeness (QED) is 0.818. The SMILES string of the molecule is CCC1(CC)CCN(CC2(CN)CCCOC2)C1. The fourth-order valence-electron chi connectivity index (χ4n) is 3.72. The highest BCUT2D eigenvalue weighted by Gasteiger charge is 2.40. The van der Waals surface area contributed by atoms with Crippen LogP contribution in [0.3, 0.4) is 0 Å². The number of nitrogens with two attached hydrogens (primary N) is 1. The summed E-state index contributed by atoms with van der Waals surface area (Å²) in [5, 5.41) is 0. The third-order valence-electron chi connectivity index (χ3n) is 5.41. The minimum absolute atomic E-state index is 0.232. The van der Waals surface area contributed by atoms with Crippen LogP contribution in [0.2, 0.25) is 0 Å². The Labute approximate surface area is 112 Å². The van der Waals surface area contributed by atoms with E-state index in [0.717, 1.165) is 26.3 Å². The van der Waals surface area contributed by atoms with Gasteiger partial charge < -0.3 is 15.4 Å². The van der Waals surface area contributed by atoms with Crippen LogP contribution >= 0.6 is 0 Å². The molecule has 2 saturated heterocycles. The molecule has 0 aromatic heterocycles. The summed E-state index contributed by atoms with van der Waals surface area (Å²) in [6, 6.07) is 0. The summed E-state index contributed by atoms with van der Waals surface area (Å²) in [4.78, 5) is 2.65. The molecule has 0 radical (unpaired) electrons. The molecule has 0 aromatic carbocycles. The lowest BCUT2D eigenvalue weighted by Gasteiger charge is -2.39. The lowest BCUT2D eigenvalue weighted by atomic mass is 9.81. The van der Waals surface area contributed by atoms with Gasteiger partial charge in [-0.1, -0.05) is 13.8 Å². The molecule has 2 aliphatic heterocycles. The van der Waals surface area contributed by atoms with Gasteiger partial charge >= 0.3 is 0 Å². The van der Waals surface area contributed by atoms with Crippen molar-refractivity contribution in [2.24, 2.45) is 16.6 Å². The van der Waals surface area contributed by atoms with Crippen molar-refractivity contribution in [1.29, 1.82) is 0 Å². The van der Waals surface area contributed by atoms with E-state index in [4.69, 9.17) is 10.5 Å². The minimum Gasteiger partial charge on any atom is -0.381 e. The van der Waals surface area contributed by atoms with Crippen LogP contribution in [0, 0.1) is 10.8 Å². The van der Waals surface area contributed by atoms with Gasteiger partial charge in [-0.25, -0.2) is 0 Å². The first-order chi connectivity index (χ1) is 8.67. The van der Waals surface area contributed by atoms with Crippen molar-refractivity contribution < 1.29 is 4.74 Å². The van der Waals surface area contributed by atoms with Crippen LogP contribution in [-0.4, -0.2) is 44.3 Å². The number of likely N-dealkylation sites (tertiary alicyclic amines) is 1. The van der Waals surface area contributed by atoms with E-state index in [1.807, 2.05) is 0 Å². The minimum atomic E-state index is 0.232. The predicted octanol–water partition coefficient (Wildman–Crippen LogP) is 2.25. The van der Waals surface area contributed by atoms with Crippen molar-refractivity contribution in [1.82, 2.24) is 4.90 Å². The molecule has 2 heterocycles. The maximum atomic E-state index is 6.04. The standard InChI is InChI=1S/C15H30N2O/c1-3-14(4-2)7-8-17(11-14)12-15(10-16)6-5-9-18-13-15/h3-13,16H2,1-2H3. The van der Waals surface area contributed by atoms with Gasteiger partial charge in [0, 0.05) is 31.7 Å². The van der Waals surface area contributed by atoms with Gasteiger partial charge in [0.2, 0.25) is 0 Å². The number of ether oxygens (including phenoxy) is 1. The van der Waals surface area contributed by atoms with Crippen LogP contribution in [0.1, 0.15) is 46.0 Å². The molecule has 0 aliphatic carbocycles. The Balaban J connectivity index is 1.93. The van der Waals surface area contributed by atoms with Crippen LogP contribution in [0.25, 0.3) is 0 Å². The molecule has 2 N–H and O–H groups in total. The van der Waals surface area contributed by atoms with Gasteiger partial charge in [0.25, 0.3) is 0 Å². The average Bonchev–Trinajstić information content (AvgIpc) is 2.84. The third-order valence-corrected chi connectivity index (χ3v) is 5.41. The van der Waals surface area contributed by atoms with Gasteiger partial charge in [-0.2, -0.15) is 0 Å². The van der Waals surface area contributed by atoms with Crippen LogP contribution < -0.4 is 5.73 Å². The first-order valence-corrected chi connectivity index (χ1v) is 7.68. The molecule has 2 fully saturated rings. The van der Waals surface area contributed by atoms with E-state index in [9.17, 15) is 0 Å². The Morgan fingerprint density at radius 1 is 1.17 bits per heavy atom. The first-order valence-electron chi connectivity index (χ1n) is 7.68. The summed E-state index contributed by atoms with van der Waals surface area (Å²) >= 11 is 0. The van der Waals surface area contributed by atoms with E-state index in [-0.39, 0.29) is 5.41 Å². The average molecular weight is 254 g/mol. The summed E-state index contributed by atoms with van der Waals surface area (Å²) in [5.74, 6) is 0. The highest BCUT2D eigenvalue weighted by molar-refractivity contribution is 4.93. The fourth-order valence-corrected chi connectivity index (χ4v) is 3.72. The molecule has 1 unspecified atom stereocenters. The summed E-state index contributed by atoms with van der Waals surface area (Å²) in [6.07, 6.45) is 6.41. The normalized spacial score (nSPS) is 32.8. The van der Waals surface area contributed by atoms with Gasteiger partial charge in [-0.15, -0.1) is 0 Å². The second-order valence-corrected chi connectivity index (χ2v) is 6.53. The van der Waals surface area contributed by atoms with Gasteiger partial charge in [0.15, 0.2) is 0 Å². The molecule has 2 rings (SSSR count). The molecule has 2 aliphatic rings. The summed E-state index contributed by atoms with van der Waals surface area (Å²) in [6.45, 7) is 10.9. The van der Waals surface area contributed by atoms with Gasteiger partial charge in [-0.05, 0) is 44.1 Å². The number of rotatable bonds is 5. The Morgan fingerprint density at radius 3 is 2.44 bits per heavy atom. The zero-order valence-corrected chi connectivity index (χ0v) is 12.2. The molecule has 106 valence electrons. The monoisotopic (exact) mass is 254 g/mol. The maximum absolute atomic E-state index is 6.04. The summed E-state index contributed by atoms with van der Waals surface area (Å²) in [5.41, 5.74) is 6.85. The fraction of sp³-hybridized carbons (Fsp3) is 1.00. The van der Waals surface area contributed by atoms with Crippen LogP contribution in [0.15, 0.2) is 0 Å². The summed E-state index contributed by atoms with van der Waals surface area (Å²) < 4.78 is 5.68. The van der Waals surface area contributed by atoms with Crippen molar-refractivity contribution in [3.05, 3.63) is 0 Å². The number of hydrogen-bond acceptors (Lipinski definition) is 3. The van der Waals surface area contributed by atoms with Crippen molar-refractivity contribution in [3.63, 3.8) is 0 Å². The van der Waals surface area contributed by atoms with Crippen LogP contribution in [0.4, 0.5) is 0 Å². The van der Waals surface area contributed by atoms with Gasteiger partial charge in [0.1, 0.15) is 0 Å².